The summed E-state index contributed by atoms with van der Waals surface area (Å²) in [6.45, 7) is 3.85. The Morgan fingerprint density at radius 3 is 2.82 bits per heavy atom. The SMILES string of the molecule is CNCC1CCCCN1C(=O)C1CCC(C)O1. The second kappa shape index (κ2) is 5.83. The first-order chi connectivity index (χ1) is 8.22. The van der Waals surface area contributed by atoms with Crippen molar-refractivity contribution in [3.8, 4) is 0 Å². The minimum atomic E-state index is -0.178. The van der Waals surface area contributed by atoms with Gasteiger partial charge < -0.3 is 15.0 Å². The van der Waals surface area contributed by atoms with Crippen molar-refractivity contribution in [1.29, 1.82) is 0 Å². The zero-order chi connectivity index (χ0) is 12.3. The lowest BCUT2D eigenvalue weighted by Gasteiger charge is -2.37. The van der Waals surface area contributed by atoms with Crippen LogP contribution >= 0.6 is 0 Å². The molecule has 2 rings (SSSR count). The van der Waals surface area contributed by atoms with Crippen molar-refractivity contribution < 1.29 is 9.53 Å². The van der Waals surface area contributed by atoms with E-state index in [1.54, 1.807) is 0 Å². The molecule has 0 radical (unpaired) electrons. The van der Waals surface area contributed by atoms with Gasteiger partial charge in [-0.3, -0.25) is 4.79 Å². The molecule has 2 aliphatic heterocycles. The van der Waals surface area contributed by atoms with E-state index in [1.807, 2.05) is 11.9 Å². The number of carbonyl (C=O) groups is 1. The fraction of sp³-hybridized carbons (Fsp3) is 0.923. The average Bonchev–Trinajstić information content (AvgIpc) is 2.76. The highest BCUT2D eigenvalue weighted by atomic mass is 16.5. The number of nitrogens with one attached hydrogen (secondary N) is 1. The Hall–Kier alpha value is -0.610. The van der Waals surface area contributed by atoms with Crippen molar-refractivity contribution >= 4 is 5.91 Å². The largest absolute Gasteiger partial charge is 0.365 e. The number of hydrogen-bond donors (Lipinski definition) is 1. The molecule has 2 fully saturated rings. The molecule has 0 aromatic heterocycles. The molecule has 98 valence electrons. The maximum Gasteiger partial charge on any atom is 0.252 e. The Labute approximate surface area is 104 Å². The Morgan fingerprint density at radius 1 is 1.35 bits per heavy atom. The second-order valence-electron chi connectivity index (χ2n) is 5.25. The van der Waals surface area contributed by atoms with Crippen LogP contribution in [0.3, 0.4) is 0 Å². The number of amides is 1. The third-order valence-electron chi connectivity index (χ3n) is 3.86. The summed E-state index contributed by atoms with van der Waals surface area (Å²) in [6.07, 6.45) is 5.46. The van der Waals surface area contributed by atoms with Gasteiger partial charge >= 0.3 is 0 Å². The Balaban J connectivity index is 1.95. The van der Waals surface area contributed by atoms with Crippen molar-refractivity contribution in [3.05, 3.63) is 0 Å². The minimum Gasteiger partial charge on any atom is -0.365 e. The molecule has 2 heterocycles. The molecule has 0 bridgehead atoms. The van der Waals surface area contributed by atoms with Crippen molar-refractivity contribution in [3.63, 3.8) is 0 Å². The fourth-order valence-electron chi connectivity index (χ4n) is 2.91. The van der Waals surface area contributed by atoms with Crippen molar-refractivity contribution in [2.75, 3.05) is 20.1 Å². The van der Waals surface area contributed by atoms with Gasteiger partial charge in [-0.25, -0.2) is 0 Å². The zero-order valence-electron chi connectivity index (χ0n) is 10.9. The van der Waals surface area contributed by atoms with Crippen molar-refractivity contribution in [2.45, 2.75) is 57.3 Å². The summed E-state index contributed by atoms with van der Waals surface area (Å²) in [7, 11) is 1.95. The summed E-state index contributed by atoms with van der Waals surface area (Å²) in [6, 6.07) is 0.362. The molecule has 0 saturated carbocycles. The van der Waals surface area contributed by atoms with Crippen LogP contribution in [0.1, 0.15) is 39.0 Å². The van der Waals surface area contributed by atoms with Crippen molar-refractivity contribution in [2.24, 2.45) is 0 Å². The standard InChI is InChI=1S/C13H24N2O2/c1-10-6-7-12(17-10)13(16)15-8-4-3-5-11(15)9-14-2/h10-12,14H,3-9H2,1-2H3. The maximum absolute atomic E-state index is 12.4. The lowest BCUT2D eigenvalue weighted by molar-refractivity contribution is -0.146. The minimum absolute atomic E-state index is 0.178. The molecule has 3 atom stereocenters. The van der Waals surface area contributed by atoms with Gasteiger partial charge in [0.05, 0.1) is 6.10 Å². The molecule has 0 aromatic carbocycles. The zero-order valence-corrected chi connectivity index (χ0v) is 10.9. The first kappa shape index (κ1) is 12.8. The fourth-order valence-corrected chi connectivity index (χ4v) is 2.91. The van der Waals surface area contributed by atoms with E-state index in [-0.39, 0.29) is 18.1 Å². The Morgan fingerprint density at radius 2 is 2.18 bits per heavy atom. The average molecular weight is 240 g/mol. The maximum atomic E-state index is 12.4. The number of hydrogen-bond acceptors (Lipinski definition) is 3. The summed E-state index contributed by atoms with van der Waals surface area (Å²) >= 11 is 0. The van der Waals surface area contributed by atoms with Gasteiger partial charge in [-0.05, 0) is 46.1 Å². The highest BCUT2D eigenvalue weighted by molar-refractivity contribution is 5.81. The second-order valence-corrected chi connectivity index (χ2v) is 5.25. The van der Waals surface area contributed by atoms with Crippen LogP contribution in [0.15, 0.2) is 0 Å². The van der Waals surface area contributed by atoms with Gasteiger partial charge in [-0.1, -0.05) is 0 Å². The van der Waals surface area contributed by atoms with Crippen LogP contribution in [-0.4, -0.2) is 49.2 Å². The van der Waals surface area contributed by atoms with Crippen LogP contribution in [0.5, 0.6) is 0 Å². The molecule has 0 aliphatic carbocycles. The van der Waals surface area contributed by atoms with Gasteiger partial charge in [0, 0.05) is 19.1 Å². The lowest BCUT2D eigenvalue weighted by atomic mass is 10.0. The summed E-state index contributed by atoms with van der Waals surface area (Å²) in [4.78, 5) is 14.4. The predicted molar refractivity (Wildman–Crippen MR) is 66.8 cm³/mol. The number of carbonyl (C=O) groups excluding carboxylic acids is 1. The summed E-state index contributed by atoms with van der Waals surface area (Å²) < 4.78 is 5.69. The summed E-state index contributed by atoms with van der Waals surface area (Å²) in [5.74, 6) is 0.217. The molecule has 1 amide bonds. The smallest absolute Gasteiger partial charge is 0.252 e. The topological polar surface area (TPSA) is 41.6 Å². The monoisotopic (exact) mass is 240 g/mol. The van der Waals surface area contributed by atoms with Gasteiger partial charge in [-0.2, -0.15) is 0 Å². The van der Waals surface area contributed by atoms with Crippen LogP contribution in [0.25, 0.3) is 0 Å². The van der Waals surface area contributed by atoms with E-state index >= 15 is 0 Å². The molecule has 2 saturated heterocycles. The third kappa shape index (κ3) is 2.99. The third-order valence-corrected chi connectivity index (χ3v) is 3.86. The molecule has 1 N–H and O–H groups in total. The molecule has 4 nitrogen and oxygen atoms in total. The normalized spacial score (nSPS) is 34.0. The van der Waals surface area contributed by atoms with E-state index < -0.39 is 0 Å². The number of nitrogens with zero attached hydrogens (tertiary/aromatic N) is 1. The highest BCUT2D eigenvalue weighted by Gasteiger charge is 2.35. The number of likely N-dealkylation sites (tertiary alicyclic amines) is 1. The number of piperidine rings is 1. The predicted octanol–water partition coefficient (Wildman–Crippen LogP) is 1.15. The lowest BCUT2D eigenvalue weighted by Crippen LogP contribution is -2.51. The number of ether oxygens (including phenoxy) is 1. The summed E-state index contributed by atoms with van der Waals surface area (Å²) in [5, 5.41) is 3.19. The first-order valence-corrected chi connectivity index (χ1v) is 6.83. The van der Waals surface area contributed by atoms with Crippen LogP contribution in [0.2, 0.25) is 0 Å². The van der Waals surface area contributed by atoms with E-state index in [1.165, 1.54) is 6.42 Å². The Kier molecular flexibility index (Phi) is 4.40. The van der Waals surface area contributed by atoms with Crippen LogP contribution in [-0.2, 0) is 9.53 Å². The van der Waals surface area contributed by atoms with E-state index in [0.717, 1.165) is 38.8 Å². The number of likely N-dealkylation sites (N-methyl/N-ethyl adjacent to an activating group) is 1. The quantitative estimate of drug-likeness (QED) is 0.804. The van der Waals surface area contributed by atoms with Crippen LogP contribution < -0.4 is 5.32 Å². The van der Waals surface area contributed by atoms with E-state index in [0.29, 0.717) is 6.04 Å². The summed E-state index contributed by atoms with van der Waals surface area (Å²) in [5.41, 5.74) is 0. The molecule has 0 spiro atoms. The highest BCUT2D eigenvalue weighted by Crippen LogP contribution is 2.24. The molecule has 17 heavy (non-hydrogen) atoms. The van der Waals surface area contributed by atoms with E-state index in [9.17, 15) is 4.79 Å². The first-order valence-electron chi connectivity index (χ1n) is 6.83. The van der Waals surface area contributed by atoms with Gasteiger partial charge in [0.15, 0.2) is 0 Å². The molecule has 3 unspecified atom stereocenters. The Bertz CT molecular complexity index is 268. The van der Waals surface area contributed by atoms with Gasteiger partial charge in [-0.15, -0.1) is 0 Å². The van der Waals surface area contributed by atoms with E-state index in [2.05, 4.69) is 12.2 Å². The van der Waals surface area contributed by atoms with Crippen molar-refractivity contribution in [1.82, 2.24) is 10.2 Å². The van der Waals surface area contributed by atoms with Gasteiger partial charge in [0.1, 0.15) is 6.10 Å². The molecule has 0 aromatic rings. The van der Waals surface area contributed by atoms with Crippen LogP contribution in [0.4, 0.5) is 0 Å². The van der Waals surface area contributed by atoms with Gasteiger partial charge in [0.25, 0.3) is 5.91 Å². The molecule has 2 aliphatic rings. The van der Waals surface area contributed by atoms with Crippen LogP contribution in [0, 0.1) is 0 Å². The number of rotatable bonds is 3. The molecular weight excluding hydrogens is 216 g/mol. The molecular formula is C13H24N2O2. The van der Waals surface area contributed by atoms with E-state index in [4.69, 9.17) is 4.74 Å². The molecule has 4 heteroatoms. The van der Waals surface area contributed by atoms with Gasteiger partial charge in [0.2, 0.25) is 0 Å².